The topological polar surface area (TPSA) is 68.1 Å². The minimum atomic E-state index is -0.717. The molecule has 2 amide bonds. The molecular formula is C15H15ClN2O3S. The van der Waals surface area contributed by atoms with Gasteiger partial charge >= 0.3 is 12.0 Å². The summed E-state index contributed by atoms with van der Waals surface area (Å²) in [5.74, 6) is -0.651. The van der Waals surface area contributed by atoms with Gasteiger partial charge in [-0.25, -0.2) is 4.79 Å². The number of urea groups is 1. The third-order valence-electron chi connectivity index (χ3n) is 3.00. The number of hydrogen-bond acceptors (Lipinski definition) is 4. The van der Waals surface area contributed by atoms with Gasteiger partial charge in [0.25, 0.3) is 0 Å². The Morgan fingerprint density at radius 3 is 2.77 bits per heavy atom. The molecule has 0 radical (unpaired) electrons. The van der Waals surface area contributed by atoms with Crippen molar-refractivity contribution >= 4 is 46.1 Å². The molecule has 1 heterocycles. The number of aliphatic imine (C=N–C) groups is 2. The van der Waals surface area contributed by atoms with Crippen LogP contribution < -0.4 is 0 Å². The monoisotopic (exact) mass is 338 g/mol. The van der Waals surface area contributed by atoms with Crippen LogP contribution in [0.4, 0.5) is 4.79 Å². The number of nitrogens with zero attached hydrogens (tertiary/aromatic N) is 2. The predicted octanol–water partition coefficient (Wildman–Crippen LogP) is 3.75. The highest BCUT2D eigenvalue weighted by molar-refractivity contribution is 8.13. The van der Waals surface area contributed by atoms with Gasteiger partial charge in [0.05, 0.1) is 11.7 Å². The van der Waals surface area contributed by atoms with Crippen LogP contribution in [0.1, 0.15) is 19.4 Å². The summed E-state index contributed by atoms with van der Waals surface area (Å²) in [7, 11) is 0. The number of halogens is 1. The van der Waals surface area contributed by atoms with Gasteiger partial charge in [0.1, 0.15) is 5.92 Å². The molecule has 0 aliphatic carbocycles. The lowest BCUT2D eigenvalue weighted by Gasteiger charge is -2.19. The van der Waals surface area contributed by atoms with E-state index in [4.69, 9.17) is 16.3 Å². The first-order valence-corrected chi connectivity index (χ1v) is 8.09. The summed E-state index contributed by atoms with van der Waals surface area (Å²) < 4.78 is 5.04. The van der Waals surface area contributed by atoms with Crippen molar-refractivity contribution in [2.75, 3.05) is 6.61 Å². The minimum Gasteiger partial charge on any atom is -0.465 e. The Hall–Kier alpha value is -1.66. The smallest absolute Gasteiger partial charge is 0.367 e. The molecule has 1 aromatic rings. The molecule has 2 rings (SSSR count). The molecule has 22 heavy (non-hydrogen) atoms. The SMILES string of the molecule is CCOC(=O)C1C(C)=NC(=O)N=C1SCc1ccccc1Cl. The number of carbonyl (C=O) groups is 2. The maximum Gasteiger partial charge on any atom is 0.367 e. The van der Waals surface area contributed by atoms with Crippen molar-refractivity contribution in [1.82, 2.24) is 0 Å². The summed E-state index contributed by atoms with van der Waals surface area (Å²) in [5, 5.41) is 1.03. The molecule has 1 aliphatic heterocycles. The molecule has 1 aromatic carbocycles. The van der Waals surface area contributed by atoms with E-state index >= 15 is 0 Å². The van der Waals surface area contributed by atoms with E-state index in [1.54, 1.807) is 19.9 Å². The molecule has 0 N–H and O–H groups in total. The zero-order chi connectivity index (χ0) is 16.1. The zero-order valence-corrected chi connectivity index (χ0v) is 13.8. The lowest BCUT2D eigenvalue weighted by Crippen LogP contribution is -2.34. The second kappa shape index (κ2) is 7.56. The number of hydrogen-bond donors (Lipinski definition) is 0. The van der Waals surface area contributed by atoms with Gasteiger partial charge in [-0.2, -0.15) is 9.98 Å². The molecule has 7 heteroatoms. The molecule has 5 nitrogen and oxygen atoms in total. The summed E-state index contributed by atoms with van der Waals surface area (Å²) in [6, 6.07) is 6.81. The highest BCUT2D eigenvalue weighted by Crippen LogP contribution is 2.27. The first-order chi connectivity index (χ1) is 10.5. The molecule has 0 aromatic heterocycles. The van der Waals surface area contributed by atoms with Crippen molar-refractivity contribution in [3.8, 4) is 0 Å². The fraction of sp³-hybridized carbons (Fsp3) is 0.333. The van der Waals surface area contributed by atoms with Gasteiger partial charge in [-0.05, 0) is 25.5 Å². The Morgan fingerprint density at radius 2 is 2.09 bits per heavy atom. The molecule has 1 atom stereocenters. The molecule has 116 valence electrons. The van der Waals surface area contributed by atoms with Crippen LogP contribution in [0.3, 0.4) is 0 Å². The van der Waals surface area contributed by atoms with Gasteiger partial charge in [0, 0.05) is 16.5 Å². The molecule has 0 saturated carbocycles. The number of rotatable bonds is 4. The number of carbonyl (C=O) groups excluding carboxylic acids is 2. The van der Waals surface area contributed by atoms with Gasteiger partial charge < -0.3 is 4.74 Å². The van der Waals surface area contributed by atoms with Crippen LogP contribution in [0, 0.1) is 5.92 Å². The maximum atomic E-state index is 12.1. The van der Waals surface area contributed by atoms with E-state index in [-0.39, 0.29) is 6.61 Å². The van der Waals surface area contributed by atoms with E-state index in [2.05, 4.69) is 9.98 Å². The normalized spacial score (nSPS) is 17.8. The van der Waals surface area contributed by atoms with Gasteiger partial charge in [-0.1, -0.05) is 29.8 Å². The summed E-state index contributed by atoms with van der Waals surface area (Å²) in [5.41, 5.74) is 1.31. The molecule has 1 unspecified atom stereocenters. The van der Waals surface area contributed by atoms with E-state index < -0.39 is 17.9 Å². The van der Waals surface area contributed by atoms with Crippen molar-refractivity contribution in [1.29, 1.82) is 0 Å². The molecule has 1 aliphatic rings. The Bertz CT molecular complexity index is 658. The molecule has 0 fully saturated rings. The highest BCUT2D eigenvalue weighted by Gasteiger charge is 2.33. The summed E-state index contributed by atoms with van der Waals surface area (Å²) in [4.78, 5) is 31.2. The van der Waals surface area contributed by atoms with Crippen LogP contribution in [0.5, 0.6) is 0 Å². The lowest BCUT2D eigenvalue weighted by atomic mass is 10.1. The number of thioether (sulfide) groups is 1. The molecular weight excluding hydrogens is 324 g/mol. The number of esters is 1. The van der Waals surface area contributed by atoms with E-state index in [1.807, 2.05) is 18.2 Å². The number of ether oxygens (including phenoxy) is 1. The standard InChI is InChI=1S/C15H15ClN2O3S/c1-3-21-14(19)12-9(2)17-15(20)18-13(12)22-8-10-6-4-5-7-11(10)16/h4-7,12H,3,8H2,1-2H3. The van der Waals surface area contributed by atoms with Crippen LogP contribution in [-0.4, -0.2) is 29.4 Å². The van der Waals surface area contributed by atoms with Crippen LogP contribution in [0.25, 0.3) is 0 Å². The van der Waals surface area contributed by atoms with E-state index in [9.17, 15) is 9.59 Å². The first-order valence-electron chi connectivity index (χ1n) is 6.73. The molecule has 0 saturated heterocycles. The average Bonchev–Trinajstić information content (AvgIpc) is 2.46. The summed E-state index contributed by atoms with van der Waals surface area (Å²) in [6.07, 6.45) is 0. The van der Waals surface area contributed by atoms with Gasteiger partial charge in [0.2, 0.25) is 0 Å². The third kappa shape index (κ3) is 3.96. The minimum absolute atomic E-state index is 0.263. The van der Waals surface area contributed by atoms with Crippen molar-refractivity contribution in [2.24, 2.45) is 15.9 Å². The van der Waals surface area contributed by atoms with Gasteiger partial charge in [-0.15, -0.1) is 11.8 Å². The second-order valence-corrected chi connectivity index (χ2v) is 5.95. The maximum absolute atomic E-state index is 12.1. The summed E-state index contributed by atoms with van der Waals surface area (Å²) >= 11 is 7.41. The van der Waals surface area contributed by atoms with Gasteiger partial charge in [-0.3, -0.25) is 4.79 Å². The summed E-state index contributed by atoms with van der Waals surface area (Å²) in [6.45, 7) is 3.62. The van der Waals surface area contributed by atoms with Crippen molar-refractivity contribution in [2.45, 2.75) is 19.6 Å². The van der Waals surface area contributed by atoms with E-state index in [0.717, 1.165) is 5.56 Å². The number of amides is 2. The van der Waals surface area contributed by atoms with Crippen molar-refractivity contribution < 1.29 is 14.3 Å². The largest absolute Gasteiger partial charge is 0.465 e. The quantitative estimate of drug-likeness (QED) is 0.784. The van der Waals surface area contributed by atoms with Crippen LogP contribution in [0.15, 0.2) is 34.3 Å². The van der Waals surface area contributed by atoms with Crippen LogP contribution in [0.2, 0.25) is 5.02 Å². The lowest BCUT2D eigenvalue weighted by molar-refractivity contribution is -0.143. The van der Waals surface area contributed by atoms with Crippen LogP contribution in [-0.2, 0) is 15.3 Å². The number of benzene rings is 1. The predicted molar refractivity (Wildman–Crippen MR) is 88.8 cm³/mol. The van der Waals surface area contributed by atoms with Crippen LogP contribution >= 0.6 is 23.4 Å². The second-order valence-electron chi connectivity index (χ2n) is 4.55. The molecule has 0 spiro atoms. The Balaban J connectivity index is 2.17. The van der Waals surface area contributed by atoms with Gasteiger partial charge in [0.15, 0.2) is 0 Å². The fourth-order valence-corrected chi connectivity index (χ4v) is 3.37. The Kier molecular flexibility index (Phi) is 5.74. The van der Waals surface area contributed by atoms with E-state index in [0.29, 0.717) is 21.5 Å². The zero-order valence-electron chi connectivity index (χ0n) is 12.2. The van der Waals surface area contributed by atoms with Crippen molar-refractivity contribution in [3.63, 3.8) is 0 Å². The molecule has 0 bridgehead atoms. The average molecular weight is 339 g/mol. The highest BCUT2D eigenvalue weighted by atomic mass is 35.5. The Labute approximate surface area is 137 Å². The van der Waals surface area contributed by atoms with E-state index in [1.165, 1.54) is 11.8 Å². The van der Waals surface area contributed by atoms with Crippen molar-refractivity contribution in [3.05, 3.63) is 34.9 Å². The fourth-order valence-electron chi connectivity index (χ4n) is 1.96. The third-order valence-corrected chi connectivity index (χ3v) is 4.45. The first kappa shape index (κ1) is 16.7. The Morgan fingerprint density at radius 1 is 1.36 bits per heavy atom.